The van der Waals surface area contributed by atoms with E-state index in [9.17, 15) is 14.4 Å². The van der Waals surface area contributed by atoms with Crippen molar-refractivity contribution in [3.8, 4) is 0 Å². The second-order valence-corrected chi connectivity index (χ2v) is 8.88. The predicted molar refractivity (Wildman–Crippen MR) is 94.1 cm³/mol. The summed E-state index contributed by atoms with van der Waals surface area (Å²) in [6.07, 6.45) is 5.19. The van der Waals surface area contributed by atoms with E-state index in [1.165, 1.54) is 5.57 Å². The van der Waals surface area contributed by atoms with Gasteiger partial charge in [-0.05, 0) is 56.8 Å². The van der Waals surface area contributed by atoms with Crippen LogP contribution in [0.25, 0.3) is 0 Å². The molecule has 3 fully saturated rings. The lowest BCUT2D eigenvalue weighted by Gasteiger charge is -2.33. The van der Waals surface area contributed by atoms with Crippen molar-refractivity contribution in [1.82, 2.24) is 15.8 Å². The number of urea groups is 1. The van der Waals surface area contributed by atoms with E-state index in [4.69, 9.17) is 0 Å². The first kappa shape index (κ1) is 18.0. The maximum Gasteiger partial charge on any atom is 0.344 e. The number of allylic oxidation sites excluding steroid dienone is 2. The molecule has 2 saturated carbocycles. The molecule has 0 aromatic carbocycles. The molecule has 6 heteroatoms. The van der Waals surface area contributed by atoms with E-state index in [-0.39, 0.29) is 29.1 Å². The molecule has 2 atom stereocenters. The monoisotopic (exact) mass is 347 g/mol. The van der Waals surface area contributed by atoms with Gasteiger partial charge in [0.1, 0.15) is 5.54 Å². The minimum absolute atomic E-state index is 0.141. The minimum atomic E-state index is -0.824. The van der Waals surface area contributed by atoms with Crippen LogP contribution >= 0.6 is 0 Å². The second kappa shape index (κ2) is 5.85. The number of amides is 4. The van der Waals surface area contributed by atoms with Crippen molar-refractivity contribution in [2.75, 3.05) is 0 Å². The van der Waals surface area contributed by atoms with E-state index >= 15 is 0 Å². The molecule has 1 spiro atoms. The molecule has 1 saturated heterocycles. The molecule has 0 unspecified atom stereocenters. The first-order valence-electron chi connectivity index (χ1n) is 9.21. The minimum Gasteiger partial charge on any atom is -0.322 e. The molecule has 25 heavy (non-hydrogen) atoms. The Bertz CT molecular complexity index is 640. The zero-order valence-electron chi connectivity index (χ0n) is 15.8. The van der Waals surface area contributed by atoms with Crippen LogP contribution in [0.2, 0.25) is 0 Å². The van der Waals surface area contributed by atoms with Crippen LogP contribution in [0.4, 0.5) is 4.79 Å². The van der Waals surface area contributed by atoms with Gasteiger partial charge in [-0.3, -0.25) is 15.0 Å². The lowest BCUT2D eigenvalue weighted by molar-refractivity contribution is -0.140. The highest BCUT2D eigenvalue weighted by Gasteiger charge is 2.61. The van der Waals surface area contributed by atoms with E-state index < -0.39 is 11.6 Å². The number of carbonyl (C=O) groups is 3. The highest BCUT2D eigenvalue weighted by atomic mass is 16.2. The number of hydrogen-bond acceptors (Lipinski definition) is 3. The van der Waals surface area contributed by atoms with Crippen molar-refractivity contribution in [3.63, 3.8) is 0 Å². The average Bonchev–Trinajstić information content (AvgIpc) is 2.97. The summed E-state index contributed by atoms with van der Waals surface area (Å²) in [5.41, 5.74) is 2.77. The summed E-state index contributed by atoms with van der Waals surface area (Å²) in [6.45, 7) is 10.3. The number of nitrogens with one attached hydrogen (secondary N) is 2. The molecule has 0 radical (unpaired) electrons. The fraction of sp³-hybridized carbons (Fsp3) is 0.737. The lowest BCUT2D eigenvalue weighted by Crippen LogP contribution is -2.52. The summed E-state index contributed by atoms with van der Waals surface area (Å²) in [4.78, 5) is 37.8. The number of carbonyl (C=O) groups excluding carboxylic acids is 3. The van der Waals surface area contributed by atoms with Crippen molar-refractivity contribution in [1.29, 1.82) is 0 Å². The molecular formula is C19H29N3O3. The molecule has 0 aromatic heterocycles. The number of hydrogen-bond donors (Lipinski definition) is 2. The van der Waals surface area contributed by atoms with Crippen LogP contribution in [-0.2, 0) is 9.59 Å². The van der Waals surface area contributed by atoms with Crippen molar-refractivity contribution in [3.05, 3.63) is 11.6 Å². The SMILES string of the molecule is CC(C)=C[C@H]1[C@@H](C(=O)NN2C(=O)NC3(CCC(C)CC3)C2=O)C1(C)C. The van der Waals surface area contributed by atoms with Gasteiger partial charge in [0.05, 0.1) is 5.92 Å². The highest BCUT2D eigenvalue weighted by Crippen LogP contribution is 2.59. The van der Waals surface area contributed by atoms with E-state index in [2.05, 4.69) is 23.7 Å². The van der Waals surface area contributed by atoms with E-state index in [0.29, 0.717) is 18.8 Å². The molecular weight excluding hydrogens is 318 g/mol. The zero-order valence-corrected chi connectivity index (χ0v) is 15.8. The Morgan fingerprint density at radius 1 is 1.24 bits per heavy atom. The predicted octanol–water partition coefficient (Wildman–Crippen LogP) is 2.76. The molecule has 3 aliphatic rings. The van der Waals surface area contributed by atoms with Gasteiger partial charge < -0.3 is 5.32 Å². The summed E-state index contributed by atoms with van der Waals surface area (Å²) in [5, 5.41) is 3.74. The van der Waals surface area contributed by atoms with E-state index in [0.717, 1.165) is 17.9 Å². The zero-order chi connectivity index (χ0) is 18.6. The second-order valence-electron chi connectivity index (χ2n) is 8.88. The van der Waals surface area contributed by atoms with Gasteiger partial charge in [-0.2, -0.15) is 5.01 Å². The Hall–Kier alpha value is -1.85. The van der Waals surface area contributed by atoms with Crippen LogP contribution in [-0.4, -0.2) is 28.4 Å². The summed E-state index contributed by atoms with van der Waals surface area (Å²) in [6, 6.07) is -0.509. The van der Waals surface area contributed by atoms with Gasteiger partial charge in [0.15, 0.2) is 0 Å². The number of nitrogens with zero attached hydrogens (tertiary/aromatic N) is 1. The Balaban J connectivity index is 1.69. The number of hydrazine groups is 1. The fourth-order valence-electron chi connectivity index (χ4n) is 4.34. The van der Waals surface area contributed by atoms with E-state index in [1.807, 2.05) is 27.7 Å². The van der Waals surface area contributed by atoms with Crippen LogP contribution in [0.15, 0.2) is 11.6 Å². The van der Waals surface area contributed by atoms with Crippen molar-refractivity contribution >= 4 is 17.8 Å². The molecule has 0 aromatic rings. The molecule has 4 amide bonds. The maximum absolute atomic E-state index is 12.8. The molecule has 6 nitrogen and oxygen atoms in total. The average molecular weight is 347 g/mol. The van der Waals surface area contributed by atoms with Gasteiger partial charge in [-0.1, -0.05) is 32.4 Å². The van der Waals surface area contributed by atoms with Gasteiger partial charge in [-0.25, -0.2) is 4.79 Å². The quantitative estimate of drug-likeness (QED) is 0.609. The Labute approximate surface area is 149 Å². The first-order valence-corrected chi connectivity index (χ1v) is 9.21. The normalized spacial score (nSPS) is 30.2. The first-order chi connectivity index (χ1) is 11.6. The van der Waals surface area contributed by atoms with Crippen LogP contribution in [0.1, 0.15) is 60.3 Å². The van der Waals surface area contributed by atoms with E-state index in [1.54, 1.807) is 0 Å². The third kappa shape index (κ3) is 2.96. The fourth-order valence-corrected chi connectivity index (χ4v) is 4.34. The van der Waals surface area contributed by atoms with Crippen LogP contribution in [0, 0.1) is 23.2 Å². The van der Waals surface area contributed by atoms with Crippen LogP contribution in [0.5, 0.6) is 0 Å². The third-order valence-electron chi connectivity index (χ3n) is 6.22. The van der Waals surface area contributed by atoms with Gasteiger partial charge in [0.2, 0.25) is 5.91 Å². The summed E-state index contributed by atoms with van der Waals surface area (Å²) >= 11 is 0. The molecule has 2 aliphatic carbocycles. The summed E-state index contributed by atoms with van der Waals surface area (Å²) in [5.74, 6) is -0.0723. The van der Waals surface area contributed by atoms with Gasteiger partial charge in [0, 0.05) is 0 Å². The van der Waals surface area contributed by atoms with Crippen molar-refractivity contribution in [2.45, 2.75) is 65.8 Å². The van der Waals surface area contributed by atoms with Crippen LogP contribution in [0.3, 0.4) is 0 Å². The Morgan fingerprint density at radius 3 is 2.40 bits per heavy atom. The number of imide groups is 1. The highest BCUT2D eigenvalue weighted by molar-refractivity contribution is 6.08. The topological polar surface area (TPSA) is 78.5 Å². The molecule has 138 valence electrons. The number of rotatable bonds is 3. The van der Waals surface area contributed by atoms with Crippen molar-refractivity contribution < 1.29 is 14.4 Å². The standard InChI is InChI=1S/C19H29N3O3/c1-11(2)10-13-14(18(13,4)5)15(23)21-22-16(24)19(20-17(22)25)8-6-12(3)7-9-19/h10,12-14H,6-9H2,1-5H3,(H,20,25)(H,21,23)/t12?,13-,14-,19?/m0/s1. The van der Waals surface area contributed by atoms with Gasteiger partial charge in [0.25, 0.3) is 5.91 Å². The molecule has 3 rings (SSSR count). The summed E-state index contributed by atoms with van der Waals surface area (Å²) < 4.78 is 0. The van der Waals surface area contributed by atoms with Gasteiger partial charge in [-0.15, -0.1) is 0 Å². The lowest BCUT2D eigenvalue weighted by atomic mass is 9.77. The largest absolute Gasteiger partial charge is 0.344 e. The smallest absolute Gasteiger partial charge is 0.322 e. The Morgan fingerprint density at radius 2 is 1.84 bits per heavy atom. The Kier molecular flexibility index (Phi) is 4.20. The maximum atomic E-state index is 12.8. The molecule has 1 heterocycles. The molecule has 0 bridgehead atoms. The molecule has 2 N–H and O–H groups in total. The van der Waals surface area contributed by atoms with Crippen molar-refractivity contribution in [2.24, 2.45) is 23.2 Å². The van der Waals surface area contributed by atoms with Crippen LogP contribution < -0.4 is 10.7 Å². The molecule has 1 aliphatic heterocycles. The summed E-state index contributed by atoms with van der Waals surface area (Å²) in [7, 11) is 0. The van der Waals surface area contributed by atoms with Gasteiger partial charge >= 0.3 is 6.03 Å². The third-order valence-corrected chi connectivity index (χ3v) is 6.22.